The topological polar surface area (TPSA) is 3.88 Å². The van der Waals surface area contributed by atoms with Crippen LogP contribution in [-0.4, -0.2) is 0 Å². The fraction of sp³-hybridized carbons (Fsp3) is 0.731. The quantitative estimate of drug-likeness (QED) is 0.141. The third kappa shape index (κ3) is 11.7. The van der Waals surface area contributed by atoms with Gasteiger partial charge in [0, 0.05) is 12.0 Å². The molecule has 0 aliphatic rings. The molecule has 3 heteroatoms. The summed E-state index contributed by atoms with van der Waals surface area (Å²) in [6.07, 6.45) is 21.6. The van der Waals surface area contributed by atoms with Crippen LogP contribution >= 0.6 is 11.3 Å². The van der Waals surface area contributed by atoms with Crippen molar-refractivity contribution in [2.75, 3.05) is 0 Å². The predicted molar refractivity (Wildman–Crippen MR) is 126 cm³/mol. The molecule has 1 aromatic carbocycles. The number of unbranched alkanes of at least 4 members (excludes halogenated alkanes) is 13. The summed E-state index contributed by atoms with van der Waals surface area (Å²) < 4.78 is 3.86. The number of para-hydroxylation sites is 1. The maximum atomic E-state index is 2.45. The van der Waals surface area contributed by atoms with Gasteiger partial charge in [0.1, 0.15) is 4.70 Å². The van der Waals surface area contributed by atoms with Gasteiger partial charge in [0.25, 0.3) is 0 Å². The number of hydrogen-bond acceptors (Lipinski definition) is 1. The molecule has 0 fully saturated rings. The highest BCUT2D eigenvalue weighted by Gasteiger charge is 2.14. The molecule has 0 saturated carbocycles. The Hall–Kier alpha value is -0.160. The van der Waals surface area contributed by atoms with Crippen molar-refractivity contribution in [1.29, 1.82) is 0 Å². The molecule has 0 aliphatic carbocycles. The largest absolute Gasteiger partial charge is 1.00 e. The van der Waals surface area contributed by atoms with E-state index in [9.17, 15) is 0 Å². The summed E-state index contributed by atoms with van der Waals surface area (Å²) in [4.78, 5) is 0. The van der Waals surface area contributed by atoms with Gasteiger partial charge in [-0.25, -0.2) is 0 Å². The van der Waals surface area contributed by atoms with Crippen molar-refractivity contribution < 1.29 is 28.5 Å². The molecule has 0 amide bonds. The van der Waals surface area contributed by atoms with Crippen LogP contribution in [0.4, 0.5) is 0 Å². The van der Waals surface area contributed by atoms with E-state index in [4.69, 9.17) is 0 Å². The molecule has 2 rings (SSSR count). The van der Waals surface area contributed by atoms with Crippen LogP contribution in [0.2, 0.25) is 0 Å². The summed E-state index contributed by atoms with van der Waals surface area (Å²) in [6.45, 7) is 5.89. The monoisotopic (exact) mass is 529 g/mol. The maximum Gasteiger partial charge on any atom is 0.225 e. The number of halogens is 1. The first-order valence-corrected chi connectivity index (χ1v) is 13.0. The van der Waals surface area contributed by atoms with Gasteiger partial charge in [-0.05, 0) is 12.5 Å². The Kier molecular flexibility index (Phi) is 16.2. The van der Waals surface area contributed by atoms with E-state index in [0.717, 1.165) is 5.92 Å². The average molecular weight is 530 g/mol. The number of aromatic nitrogens is 1. The highest BCUT2D eigenvalue weighted by Crippen LogP contribution is 2.18. The summed E-state index contributed by atoms with van der Waals surface area (Å²) in [7, 11) is 0. The van der Waals surface area contributed by atoms with Gasteiger partial charge in [-0.3, -0.25) is 0 Å². The number of benzene rings is 1. The van der Waals surface area contributed by atoms with Crippen LogP contribution in [0.3, 0.4) is 0 Å². The first kappa shape index (κ1) is 26.9. The van der Waals surface area contributed by atoms with Gasteiger partial charge in [-0.2, -0.15) is 4.57 Å². The molecule has 29 heavy (non-hydrogen) atoms. The fourth-order valence-electron chi connectivity index (χ4n) is 4.23. The van der Waals surface area contributed by atoms with Crippen LogP contribution in [0, 0.1) is 5.92 Å². The lowest BCUT2D eigenvalue weighted by Gasteiger charge is -2.07. The van der Waals surface area contributed by atoms with Gasteiger partial charge in [0.15, 0.2) is 6.54 Å². The average Bonchev–Trinajstić information content (AvgIpc) is 3.11. The third-order valence-electron chi connectivity index (χ3n) is 6.04. The van der Waals surface area contributed by atoms with Gasteiger partial charge in [-0.1, -0.05) is 127 Å². The van der Waals surface area contributed by atoms with E-state index in [2.05, 4.69) is 48.2 Å². The minimum absolute atomic E-state index is 0. The van der Waals surface area contributed by atoms with Gasteiger partial charge in [-0.15, -0.1) is 0 Å². The summed E-state index contributed by atoms with van der Waals surface area (Å²) >= 11 is 1.87. The lowest BCUT2D eigenvalue weighted by molar-refractivity contribution is -0.673. The molecule has 1 heterocycles. The summed E-state index contributed by atoms with van der Waals surface area (Å²) in [5.41, 5.74) is 3.70. The molecule has 1 atom stereocenters. The Morgan fingerprint density at radius 1 is 0.759 bits per heavy atom. The van der Waals surface area contributed by atoms with Crippen molar-refractivity contribution in [2.45, 2.75) is 117 Å². The van der Waals surface area contributed by atoms with Crippen molar-refractivity contribution in [3.8, 4) is 0 Å². The van der Waals surface area contributed by atoms with Gasteiger partial charge >= 0.3 is 0 Å². The van der Waals surface area contributed by atoms with Crippen molar-refractivity contribution in [1.82, 2.24) is 0 Å². The SMILES string of the molecule is CCCCCCCCCCCCCCCCC(C)C[n+]1csc2ccccc21.[I-]. The van der Waals surface area contributed by atoms with Crippen molar-refractivity contribution in [2.24, 2.45) is 5.92 Å². The second-order valence-electron chi connectivity index (χ2n) is 8.83. The molecule has 166 valence electrons. The first-order chi connectivity index (χ1) is 13.8. The summed E-state index contributed by atoms with van der Waals surface area (Å²) in [6, 6.07) is 8.78. The first-order valence-electron chi connectivity index (χ1n) is 12.2. The smallest absolute Gasteiger partial charge is 0.225 e. The second-order valence-corrected chi connectivity index (χ2v) is 9.72. The molecule has 0 radical (unpaired) electrons. The van der Waals surface area contributed by atoms with E-state index in [1.807, 2.05) is 11.3 Å². The van der Waals surface area contributed by atoms with Crippen molar-refractivity contribution in [3.05, 3.63) is 29.8 Å². The highest BCUT2D eigenvalue weighted by molar-refractivity contribution is 7.16. The number of fused-ring (bicyclic) bond motifs is 1. The zero-order valence-electron chi connectivity index (χ0n) is 19.0. The Morgan fingerprint density at radius 2 is 1.28 bits per heavy atom. The van der Waals surface area contributed by atoms with Crippen LogP contribution in [0.15, 0.2) is 29.8 Å². The number of hydrogen-bond donors (Lipinski definition) is 0. The summed E-state index contributed by atoms with van der Waals surface area (Å²) in [5.74, 6) is 0.778. The molecule has 0 saturated heterocycles. The lowest BCUT2D eigenvalue weighted by atomic mass is 10.0. The highest BCUT2D eigenvalue weighted by atomic mass is 127. The minimum Gasteiger partial charge on any atom is -1.00 e. The Bertz CT molecular complexity index is 624. The van der Waals surface area contributed by atoms with Crippen LogP contribution in [0.25, 0.3) is 10.2 Å². The molecule has 1 unspecified atom stereocenters. The van der Waals surface area contributed by atoms with E-state index >= 15 is 0 Å². The zero-order chi connectivity index (χ0) is 19.9. The predicted octanol–water partition coefficient (Wildman–Crippen LogP) is 5.70. The Morgan fingerprint density at radius 3 is 1.86 bits per heavy atom. The maximum absolute atomic E-state index is 2.45. The molecule has 2 aromatic rings. The number of rotatable bonds is 17. The lowest BCUT2D eigenvalue weighted by Crippen LogP contribution is -3.00. The van der Waals surface area contributed by atoms with E-state index < -0.39 is 0 Å². The van der Waals surface area contributed by atoms with Crippen LogP contribution in [0.5, 0.6) is 0 Å². The Balaban J connectivity index is 0.00000420. The standard InChI is InChI=1S/C26H44NS.HI/c1-3-4-5-6-7-8-9-10-11-12-13-14-15-16-19-24(2)22-27-23-28-26-21-18-17-20-25(26)27;/h17-18,20-21,23-24H,3-16,19,22H2,1-2H3;1H/q+1;/p-1. The van der Waals surface area contributed by atoms with Gasteiger partial charge in [0.2, 0.25) is 11.0 Å². The van der Waals surface area contributed by atoms with Crippen molar-refractivity contribution in [3.63, 3.8) is 0 Å². The molecule has 1 nitrogen and oxygen atoms in total. The Labute approximate surface area is 201 Å². The minimum atomic E-state index is 0. The van der Waals surface area contributed by atoms with Crippen LogP contribution in [0.1, 0.15) is 110 Å². The van der Waals surface area contributed by atoms with Gasteiger partial charge in [0.05, 0.1) is 0 Å². The molecule has 0 spiro atoms. The molecule has 0 N–H and O–H groups in total. The van der Waals surface area contributed by atoms with Crippen LogP contribution in [-0.2, 0) is 6.54 Å². The molecular weight excluding hydrogens is 485 g/mol. The van der Waals surface area contributed by atoms with Crippen LogP contribution < -0.4 is 28.5 Å². The second kappa shape index (κ2) is 17.5. The normalized spacial score (nSPS) is 12.2. The molecule has 0 bridgehead atoms. The van der Waals surface area contributed by atoms with E-state index in [0.29, 0.717) is 0 Å². The summed E-state index contributed by atoms with van der Waals surface area (Å²) in [5, 5.41) is 0. The molecular formula is C26H44INS. The van der Waals surface area contributed by atoms with E-state index in [1.54, 1.807) is 0 Å². The zero-order valence-corrected chi connectivity index (χ0v) is 22.0. The third-order valence-corrected chi connectivity index (χ3v) is 7.00. The van der Waals surface area contributed by atoms with Gasteiger partial charge < -0.3 is 24.0 Å². The molecule has 0 aliphatic heterocycles. The van der Waals surface area contributed by atoms with Crippen molar-refractivity contribution >= 4 is 21.6 Å². The number of nitrogens with zero attached hydrogens (tertiary/aromatic N) is 1. The molecule has 1 aromatic heterocycles. The van der Waals surface area contributed by atoms with E-state index in [1.165, 1.54) is 113 Å². The van der Waals surface area contributed by atoms with E-state index in [-0.39, 0.29) is 24.0 Å². The fourth-order valence-corrected chi connectivity index (χ4v) is 5.13. The number of thiazole rings is 1.